The van der Waals surface area contributed by atoms with Crippen molar-refractivity contribution < 1.29 is 17.9 Å². The van der Waals surface area contributed by atoms with Gasteiger partial charge >= 0.3 is 0 Å². The van der Waals surface area contributed by atoms with Crippen LogP contribution in [-0.4, -0.2) is 38.3 Å². The second-order valence-corrected chi connectivity index (χ2v) is 9.97. The number of rotatable bonds is 7. The van der Waals surface area contributed by atoms with Gasteiger partial charge in [-0.2, -0.15) is 4.31 Å². The molecule has 0 spiro atoms. The molecule has 1 fully saturated rings. The third kappa shape index (κ3) is 5.79. The van der Waals surface area contributed by atoms with Gasteiger partial charge in [-0.25, -0.2) is 8.42 Å². The van der Waals surface area contributed by atoms with Gasteiger partial charge in [0, 0.05) is 18.7 Å². The first-order valence-electron chi connectivity index (χ1n) is 10.7. The highest BCUT2D eigenvalue weighted by molar-refractivity contribution is 7.89. The van der Waals surface area contributed by atoms with Crippen molar-refractivity contribution in [3.63, 3.8) is 0 Å². The van der Waals surface area contributed by atoms with E-state index in [2.05, 4.69) is 5.32 Å². The fraction of sp³-hybridized carbons (Fsp3) is 0.435. The van der Waals surface area contributed by atoms with E-state index < -0.39 is 10.0 Å². The van der Waals surface area contributed by atoms with Crippen molar-refractivity contribution in [2.24, 2.45) is 0 Å². The Morgan fingerprint density at radius 3 is 2.35 bits per heavy atom. The Bertz CT molecular complexity index is 1000. The lowest BCUT2D eigenvalue weighted by Gasteiger charge is -2.21. The number of ether oxygens (including phenoxy) is 1. The zero-order valence-corrected chi connectivity index (χ0v) is 19.5. The first-order chi connectivity index (χ1) is 14.8. The maximum Gasteiger partial charge on any atom is 0.251 e. The topological polar surface area (TPSA) is 75.7 Å². The number of hydrogen-bond acceptors (Lipinski definition) is 4. The van der Waals surface area contributed by atoms with Crippen LogP contribution >= 0.6 is 11.6 Å². The molecular formula is C23H29ClN2O4S. The molecule has 0 aliphatic carbocycles. The number of halogens is 1. The van der Waals surface area contributed by atoms with Gasteiger partial charge < -0.3 is 10.1 Å². The number of hydrogen-bond donors (Lipinski definition) is 1. The molecule has 8 heteroatoms. The summed E-state index contributed by atoms with van der Waals surface area (Å²) >= 11 is 6.24. The minimum absolute atomic E-state index is 0.0163. The minimum Gasteiger partial charge on any atom is -0.494 e. The molecule has 0 aromatic heterocycles. The molecule has 2 aromatic carbocycles. The standard InChI is InChI=1S/C23H29ClN2O4S/c1-3-30-20-11-8-18(9-12-20)17(2)25-23(27)19-10-13-21(24)22(16-19)31(28,29)26-14-6-4-5-7-15-26/h8-13,16-17H,3-7,14-15H2,1-2H3,(H,25,27)/t17-/m0/s1. The number of benzene rings is 2. The Hall–Kier alpha value is -2.09. The lowest BCUT2D eigenvalue weighted by molar-refractivity contribution is 0.0939. The molecule has 1 heterocycles. The van der Waals surface area contributed by atoms with Crippen molar-refractivity contribution in [2.75, 3.05) is 19.7 Å². The van der Waals surface area contributed by atoms with Crippen LogP contribution in [0.2, 0.25) is 5.02 Å². The van der Waals surface area contributed by atoms with Crippen LogP contribution in [0.4, 0.5) is 0 Å². The summed E-state index contributed by atoms with van der Waals surface area (Å²) < 4.78 is 33.2. The van der Waals surface area contributed by atoms with Crippen molar-refractivity contribution in [1.82, 2.24) is 9.62 Å². The van der Waals surface area contributed by atoms with Gasteiger partial charge in [0.05, 0.1) is 17.7 Å². The molecule has 31 heavy (non-hydrogen) atoms. The summed E-state index contributed by atoms with van der Waals surface area (Å²) in [5.41, 5.74) is 1.18. The molecule has 0 radical (unpaired) electrons. The van der Waals surface area contributed by atoms with Crippen molar-refractivity contribution in [1.29, 1.82) is 0 Å². The van der Waals surface area contributed by atoms with Crippen LogP contribution < -0.4 is 10.1 Å². The fourth-order valence-electron chi connectivity index (χ4n) is 3.65. The van der Waals surface area contributed by atoms with Crippen LogP contribution in [0, 0.1) is 0 Å². The maximum absolute atomic E-state index is 13.2. The molecular weight excluding hydrogens is 436 g/mol. The average Bonchev–Trinajstić information content (AvgIpc) is 3.05. The summed E-state index contributed by atoms with van der Waals surface area (Å²) in [6.07, 6.45) is 3.70. The first kappa shape index (κ1) is 23.6. The first-order valence-corrected chi connectivity index (χ1v) is 12.5. The molecule has 0 unspecified atom stereocenters. The van der Waals surface area contributed by atoms with Gasteiger partial charge in [-0.05, 0) is 62.6 Å². The predicted octanol–water partition coefficient (Wildman–Crippen LogP) is 4.79. The largest absolute Gasteiger partial charge is 0.494 e. The molecule has 6 nitrogen and oxygen atoms in total. The lowest BCUT2D eigenvalue weighted by atomic mass is 10.1. The molecule has 2 aromatic rings. The van der Waals surface area contributed by atoms with Gasteiger partial charge in [-0.1, -0.05) is 36.6 Å². The fourth-order valence-corrected chi connectivity index (χ4v) is 5.66. The smallest absolute Gasteiger partial charge is 0.251 e. The Morgan fingerprint density at radius 2 is 1.74 bits per heavy atom. The van der Waals surface area contributed by atoms with Crippen LogP contribution in [0.3, 0.4) is 0 Å². The third-order valence-electron chi connectivity index (χ3n) is 5.41. The van der Waals surface area contributed by atoms with E-state index in [4.69, 9.17) is 16.3 Å². The van der Waals surface area contributed by atoms with E-state index in [0.29, 0.717) is 19.7 Å². The molecule has 0 bridgehead atoms. The van der Waals surface area contributed by atoms with E-state index in [0.717, 1.165) is 37.0 Å². The number of nitrogens with one attached hydrogen (secondary N) is 1. The summed E-state index contributed by atoms with van der Waals surface area (Å²) in [6, 6.07) is 11.6. The van der Waals surface area contributed by atoms with E-state index in [1.807, 2.05) is 38.1 Å². The summed E-state index contributed by atoms with van der Waals surface area (Å²) in [7, 11) is -3.76. The van der Waals surface area contributed by atoms with Crippen molar-refractivity contribution in [3.8, 4) is 5.75 Å². The lowest BCUT2D eigenvalue weighted by Crippen LogP contribution is -2.32. The highest BCUT2D eigenvalue weighted by Gasteiger charge is 2.28. The highest BCUT2D eigenvalue weighted by atomic mass is 35.5. The summed E-state index contributed by atoms with van der Waals surface area (Å²) in [5.74, 6) is 0.413. The van der Waals surface area contributed by atoms with Gasteiger partial charge in [0.25, 0.3) is 5.91 Å². The number of sulfonamides is 1. The van der Waals surface area contributed by atoms with E-state index >= 15 is 0 Å². The molecule has 1 aliphatic rings. The summed E-state index contributed by atoms with van der Waals surface area (Å²) in [5, 5.41) is 3.05. The quantitative estimate of drug-likeness (QED) is 0.638. The predicted molar refractivity (Wildman–Crippen MR) is 122 cm³/mol. The third-order valence-corrected chi connectivity index (χ3v) is 7.80. The van der Waals surface area contributed by atoms with Gasteiger partial charge in [0.2, 0.25) is 10.0 Å². The van der Waals surface area contributed by atoms with Crippen molar-refractivity contribution in [3.05, 3.63) is 58.6 Å². The van der Waals surface area contributed by atoms with E-state index in [1.165, 1.54) is 16.4 Å². The normalized spacial score (nSPS) is 16.4. The Morgan fingerprint density at radius 1 is 1.10 bits per heavy atom. The highest BCUT2D eigenvalue weighted by Crippen LogP contribution is 2.28. The number of carbonyl (C=O) groups is 1. The van der Waals surface area contributed by atoms with Gasteiger partial charge in [0.15, 0.2) is 0 Å². The monoisotopic (exact) mass is 464 g/mol. The Kier molecular flexibility index (Phi) is 7.97. The van der Waals surface area contributed by atoms with E-state index in [1.54, 1.807) is 6.07 Å². The van der Waals surface area contributed by atoms with Crippen LogP contribution in [0.25, 0.3) is 0 Å². The molecule has 0 saturated carbocycles. The number of carbonyl (C=O) groups excluding carboxylic acids is 1. The Labute approximate surface area is 189 Å². The average molecular weight is 465 g/mol. The van der Waals surface area contributed by atoms with Crippen LogP contribution in [0.15, 0.2) is 47.4 Å². The van der Waals surface area contributed by atoms with Crippen LogP contribution in [0.5, 0.6) is 5.75 Å². The second kappa shape index (κ2) is 10.5. The zero-order valence-electron chi connectivity index (χ0n) is 17.9. The minimum atomic E-state index is -3.76. The van der Waals surface area contributed by atoms with E-state index in [9.17, 15) is 13.2 Å². The molecule has 1 N–H and O–H groups in total. The maximum atomic E-state index is 13.2. The molecule has 3 rings (SSSR count). The van der Waals surface area contributed by atoms with Crippen LogP contribution in [-0.2, 0) is 10.0 Å². The van der Waals surface area contributed by atoms with Gasteiger partial charge in [0.1, 0.15) is 10.6 Å². The number of nitrogens with zero attached hydrogens (tertiary/aromatic N) is 1. The molecule has 1 atom stereocenters. The van der Waals surface area contributed by atoms with E-state index in [-0.39, 0.29) is 27.4 Å². The molecule has 1 amide bonds. The number of amides is 1. The Balaban J connectivity index is 1.77. The molecule has 1 saturated heterocycles. The van der Waals surface area contributed by atoms with Crippen molar-refractivity contribution >= 4 is 27.5 Å². The zero-order chi connectivity index (χ0) is 22.4. The summed E-state index contributed by atoms with van der Waals surface area (Å²) in [4.78, 5) is 12.8. The van der Waals surface area contributed by atoms with Crippen molar-refractivity contribution in [2.45, 2.75) is 50.5 Å². The molecule has 168 valence electrons. The van der Waals surface area contributed by atoms with Gasteiger partial charge in [-0.15, -0.1) is 0 Å². The second-order valence-electron chi connectivity index (χ2n) is 7.66. The van der Waals surface area contributed by atoms with Crippen LogP contribution in [0.1, 0.15) is 61.5 Å². The molecule has 1 aliphatic heterocycles. The SMILES string of the molecule is CCOc1ccc([C@H](C)NC(=O)c2ccc(Cl)c(S(=O)(=O)N3CCCCCC3)c2)cc1. The summed E-state index contributed by atoms with van der Waals surface area (Å²) in [6.45, 7) is 5.33. The van der Waals surface area contributed by atoms with Gasteiger partial charge in [-0.3, -0.25) is 4.79 Å².